The van der Waals surface area contributed by atoms with Gasteiger partial charge in [0.1, 0.15) is 0 Å². The third-order valence-electron chi connectivity index (χ3n) is 1.73. The van der Waals surface area contributed by atoms with Crippen LogP contribution in [0.15, 0.2) is 18.2 Å². The van der Waals surface area contributed by atoms with Gasteiger partial charge in [-0.1, -0.05) is 22.0 Å². The second kappa shape index (κ2) is 4.38. The summed E-state index contributed by atoms with van der Waals surface area (Å²) in [6, 6.07) is 4.03. The van der Waals surface area contributed by atoms with Crippen LogP contribution in [0.4, 0.5) is 0 Å². The van der Waals surface area contributed by atoms with Crippen molar-refractivity contribution in [2.45, 2.75) is 4.16 Å². The molecule has 1 aromatic carbocycles. The number of hydrogen-bond acceptors (Lipinski definition) is 4. The normalized spacial score (nSPS) is 13.5. The highest BCUT2D eigenvalue weighted by atomic mass is 79.9. The van der Waals surface area contributed by atoms with E-state index in [1.165, 1.54) is 25.3 Å². The van der Waals surface area contributed by atoms with E-state index in [4.69, 9.17) is 9.29 Å². The molecule has 0 saturated carbocycles. The largest absolute Gasteiger partial charge is 0.504 e. The van der Waals surface area contributed by atoms with E-state index in [2.05, 4.69) is 15.9 Å². The lowest BCUT2D eigenvalue weighted by Gasteiger charge is -2.09. The molecule has 84 valence electrons. The Morgan fingerprint density at radius 1 is 1.47 bits per heavy atom. The van der Waals surface area contributed by atoms with Gasteiger partial charge in [-0.3, -0.25) is 4.55 Å². The third-order valence-corrected chi connectivity index (χ3v) is 4.47. The smallest absolute Gasteiger partial charge is 0.282 e. The van der Waals surface area contributed by atoms with Crippen molar-refractivity contribution in [1.82, 2.24) is 0 Å². The molecule has 0 saturated heterocycles. The van der Waals surface area contributed by atoms with Crippen molar-refractivity contribution in [3.05, 3.63) is 23.8 Å². The first-order valence-electron chi connectivity index (χ1n) is 3.83. The van der Waals surface area contributed by atoms with Crippen LogP contribution in [0.25, 0.3) is 0 Å². The fourth-order valence-corrected chi connectivity index (χ4v) is 1.80. The molecule has 0 fully saturated rings. The topological polar surface area (TPSA) is 83.8 Å². The van der Waals surface area contributed by atoms with Crippen molar-refractivity contribution in [3.8, 4) is 11.5 Å². The van der Waals surface area contributed by atoms with E-state index in [1.807, 2.05) is 0 Å². The van der Waals surface area contributed by atoms with Crippen LogP contribution in [-0.2, 0) is 10.1 Å². The molecule has 7 heteroatoms. The molecule has 0 heterocycles. The summed E-state index contributed by atoms with van der Waals surface area (Å²) in [7, 11) is -2.85. The number of rotatable bonds is 3. The molecule has 1 atom stereocenters. The zero-order chi connectivity index (χ0) is 11.6. The summed E-state index contributed by atoms with van der Waals surface area (Å²) < 4.78 is 33.9. The molecule has 1 unspecified atom stereocenters. The molecule has 1 aromatic rings. The Labute approximate surface area is 95.6 Å². The highest BCUT2D eigenvalue weighted by molar-refractivity contribution is 9.10. The molecule has 5 nitrogen and oxygen atoms in total. The van der Waals surface area contributed by atoms with Gasteiger partial charge < -0.3 is 9.84 Å². The Morgan fingerprint density at radius 2 is 2.07 bits per heavy atom. The van der Waals surface area contributed by atoms with E-state index in [0.717, 1.165) is 0 Å². The predicted molar refractivity (Wildman–Crippen MR) is 57.9 cm³/mol. The molecule has 0 aliphatic heterocycles. The average Bonchev–Trinajstić information content (AvgIpc) is 2.15. The summed E-state index contributed by atoms with van der Waals surface area (Å²) in [5.41, 5.74) is 0.218. The first-order valence-corrected chi connectivity index (χ1v) is 6.25. The second-order valence-electron chi connectivity index (χ2n) is 2.76. The second-order valence-corrected chi connectivity index (χ2v) is 5.79. The molecule has 1 rings (SSSR count). The quantitative estimate of drug-likeness (QED) is 0.655. The molecule has 0 aliphatic carbocycles. The van der Waals surface area contributed by atoms with Crippen LogP contribution >= 0.6 is 15.9 Å². The Bertz CT molecular complexity index is 456. The Hall–Kier alpha value is -0.790. The van der Waals surface area contributed by atoms with Crippen molar-refractivity contribution < 1.29 is 22.8 Å². The fraction of sp³-hybridized carbons (Fsp3) is 0.250. The van der Waals surface area contributed by atoms with Crippen molar-refractivity contribution in [3.63, 3.8) is 0 Å². The lowest BCUT2D eigenvalue weighted by Crippen LogP contribution is -2.05. The van der Waals surface area contributed by atoms with Gasteiger partial charge in [0.05, 0.1) is 7.11 Å². The number of phenolic OH excluding ortho intramolecular Hbond substituents is 1. The maximum Gasteiger partial charge on any atom is 0.282 e. The summed E-state index contributed by atoms with van der Waals surface area (Å²) in [5, 5.41) is 9.38. The van der Waals surface area contributed by atoms with E-state index in [0.29, 0.717) is 0 Å². The zero-order valence-corrected chi connectivity index (χ0v) is 10.1. The van der Waals surface area contributed by atoms with Gasteiger partial charge in [0, 0.05) is 0 Å². The highest BCUT2D eigenvalue weighted by Gasteiger charge is 2.22. The molecule has 2 N–H and O–H groups in total. The number of ether oxygens (including phenoxy) is 1. The summed E-state index contributed by atoms with van der Waals surface area (Å²) in [5.74, 6) is 0.0388. The SMILES string of the molecule is COc1ccc(C(Br)S(=O)(=O)O)cc1O. The fourth-order valence-electron chi connectivity index (χ4n) is 1.02. The summed E-state index contributed by atoms with van der Waals surface area (Å²) >= 11 is 2.80. The maximum absolute atomic E-state index is 10.8. The van der Waals surface area contributed by atoms with Gasteiger partial charge in [-0.2, -0.15) is 8.42 Å². The number of hydrogen-bond donors (Lipinski definition) is 2. The van der Waals surface area contributed by atoms with Gasteiger partial charge in [0.25, 0.3) is 10.1 Å². The van der Waals surface area contributed by atoms with Crippen LogP contribution in [0.1, 0.15) is 9.72 Å². The van der Waals surface area contributed by atoms with E-state index in [1.54, 1.807) is 0 Å². The molecule has 0 amide bonds. The van der Waals surface area contributed by atoms with Gasteiger partial charge in [-0.25, -0.2) is 0 Å². The van der Waals surface area contributed by atoms with Crippen LogP contribution < -0.4 is 4.74 Å². The van der Waals surface area contributed by atoms with Crippen LogP contribution in [0.2, 0.25) is 0 Å². The van der Waals surface area contributed by atoms with Gasteiger partial charge in [0.2, 0.25) is 0 Å². The van der Waals surface area contributed by atoms with E-state index < -0.39 is 14.3 Å². The average molecular weight is 297 g/mol. The number of methoxy groups -OCH3 is 1. The molecule has 15 heavy (non-hydrogen) atoms. The summed E-state index contributed by atoms with van der Waals surface area (Å²) in [4.78, 5) is 0. The van der Waals surface area contributed by atoms with Crippen LogP contribution in [0, 0.1) is 0 Å². The number of halogens is 1. The maximum atomic E-state index is 10.8. The van der Waals surface area contributed by atoms with Gasteiger partial charge in [0.15, 0.2) is 15.7 Å². The van der Waals surface area contributed by atoms with Crippen molar-refractivity contribution in [2.24, 2.45) is 0 Å². The third kappa shape index (κ3) is 2.83. The number of aromatic hydroxyl groups is 1. The molecule has 0 radical (unpaired) electrons. The number of phenols is 1. The first kappa shape index (κ1) is 12.3. The lowest BCUT2D eigenvalue weighted by atomic mass is 10.2. The standard InChI is InChI=1S/C8H9BrO5S/c1-14-7-3-2-5(4-6(7)10)8(9)15(11,12)13/h2-4,8,10H,1H3,(H,11,12,13). The lowest BCUT2D eigenvalue weighted by molar-refractivity contribution is 0.373. The highest BCUT2D eigenvalue weighted by Crippen LogP contribution is 2.34. The van der Waals surface area contributed by atoms with Crippen molar-refractivity contribution in [2.75, 3.05) is 7.11 Å². The Kier molecular flexibility index (Phi) is 3.58. The Balaban J connectivity index is 3.13. The molecule has 0 aromatic heterocycles. The van der Waals surface area contributed by atoms with E-state index >= 15 is 0 Å². The number of alkyl halides is 1. The van der Waals surface area contributed by atoms with Crippen LogP contribution in [0.5, 0.6) is 11.5 Å². The molecule has 0 aliphatic rings. The van der Waals surface area contributed by atoms with E-state index in [9.17, 15) is 13.5 Å². The van der Waals surface area contributed by atoms with Crippen molar-refractivity contribution in [1.29, 1.82) is 0 Å². The van der Waals surface area contributed by atoms with Crippen LogP contribution in [-0.4, -0.2) is 25.2 Å². The van der Waals surface area contributed by atoms with Gasteiger partial charge in [-0.05, 0) is 17.7 Å². The zero-order valence-electron chi connectivity index (χ0n) is 7.71. The van der Waals surface area contributed by atoms with Crippen molar-refractivity contribution >= 4 is 26.0 Å². The predicted octanol–water partition coefficient (Wildman–Crippen LogP) is 1.68. The van der Waals surface area contributed by atoms with Crippen LogP contribution in [0.3, 0.4) is 0 Å². The molecular formula is C8H9BrO5S. The number of benzene rings is 1. The summed E-state index contributed by atoms with van der Waals surface area (Å²) in [6.07, 6.45) is 0. The van der Waals surface area contributed by atoms with Gasteiger partial charge >= 0.3 is 0 Å². The minimum absolute atomic E-state index is 0.192. The Morgan fingerprint density at radius 3 is 2.47 bits per heavy atom. The summed E-state index contributed by atoms with van der Waals surface area (Å²) in [6.45, 7) is 0. The van der Waals surface area contributed by atoms with E-state index in [-0.39, 0.29) is 17.1 Å². The van der Waals surface area contributed by atoms with Gasteiger partial charge in [-0.15, -0.1) is 0 Å². The molecule has 0 bridgehead atoms. The first-order chi connectivity index (χ1) is 6.86. The molecule has 0 spiro atoms. The minimum atomic E-state index is -4.23. The monoisotopic (exact) mass is 296 g/mol. The minimum Gasteiger partial charge on any atom is -0.504 e. The molecular weight excluding hydrogens is 288 g/mol.